The number of hydrogen-bond acceptors (Lipinski definition) is 3. The fourth-order valence-corrected chi connectivity index (χ4v) is 2.65. The van der Waals surface area contributed by atoms with E-state index in [1.165, 1.54) is 12.1 Å². The molecule has 0 aliphatic heterocycles. The lowest BCUT2D eigenvalue weighted by atomic mass is 10.2. The average molecular weight is 422 g/mol. The van der Waals surface area contributed by atoms with E-state index in [2.05, 4.69) is 27.9 Å². The number of aromatic hydroxyl groups is 1. The normalized spacial score (nSPS) is 10.5. The van der Waals surface area contributed by atoms with Crippen LogP contribution in [0.4, 0.5) is 10.1 Å². The van der Waals surface area contributed by atoms with Gasteiger partial charge in [-0.05, 0) is 65.4 Å². The Kier molecular flexibility index (Phi) is 5.52. The van der Waals surface area contributed by atoms with Gasteiger partial charge in [-0.1, -0.05) is 11.6 Å². The molecule has 112 valence electrons. The van der Waals surface area contributed by atoms with Gasteiger partial charge in [0.25, 0.3) is 0 Å². The molecule has 2 rings (SSSR count). The number of anilines is 1. The van der Waals surface area contributed by atoms with E-state index < -0.39 is 5.82 Å². The molecule has 0 spiro atoms. The van der Waals surface area contributed by atoms with E-state index in [1.54, 1.807) is 12.1 Å². The predicted molar refractivity (Wildman–Crippen MR) is 90.7 cm³/mol. The maximum atomic E-state index is 13.1. The summed E-state index contributed by atoms with van der Waals surface area (Å²) in [7, 11) is 0. The standard InChI is InChI=1S/C15H14ClFINO2/c1-2-21-14-6-9(5-13(18)15(14)20)8-19-10-3-4-12(17)11(16)7-10/h3-7,19-20H,2,8H2,1H3. The Morgan fingerprint density at radius 2 is 2.10 bits per heavy atom. The number of halogens is 3. The van der Waals surface area contributed by atoms with Crippen LogP contribution < -0.4 is 10.1 Å². The summed E-state index contributed by atoms with van der Waals surface area (Å²) in [5.74, 6) is 0.157. The van der Waals surface area contributed by atoms with Crippen molar-refractivity contribution in [2.45, 2.75) is 13.5 Å². The molecule has 0 aromatic heterocycles. The van der Waals surface area contributed by atoms with Crippen LogP contribution in [-0.4, -0.2) is 11.7 Å². The smallest absolute Gasteiger partial charge is 0.171 e. The molecule has 2 aromatic rings. The SMILES string of the molecule is CCOc1cc(CNc2ccc(F)c(Cl)c2)cc(I)c1O. The quantitative estimate of drug-likeness (QED) is 0.682. The molecule has 6 heteroatoms. The van der Waals surface area contributed by atoms with Crippen molar-refractivity contribution in [1.29, 1.82) is 0 Å². The molecule has 0 aliphatic carbocycles. The van der Waals surface area contributed by atoms with Crippen molar-refractivity contribution in [3.05, 3.63) is 50.3 Å². The van der Waals surface area contributed by atoms with E-state index in [0.717, 1.165) is 11.3 Å². The topological polar surface area (TPSA) is 41.5 Å². The molecule has 0 aliphatic rings. The highest BCUT2D eigenvalue weighted by atomic mass is 127. The maximum Gasteiger partial charge on any atom is 0.171 e. The largest absolute Gasteiger partial charge is 0.504 e. The Morgan fingerprint density at radius 3 is 2.76 bits per heavy atom. The first-order valence-corrected chi connectivity index (χ1v) is 7.80. The Morgan fingerprint density at radius 1 is 1.33 bits per heavy atom. The first-order valence-electron chi connectivity index (χ1n) is 6.34. The lowest BCUT2D eigenvalue weighted by molar-refractivity contribution is 0.317. The second-order valence-corrected chi connectivity index (χ2v) is 5.91. The van der Waals surface area contributed by atoms with Crippen LogP contribution in [0.3, 0.4) is 0 Å². The minimum atomic E-state index is -0.444. The summed E-state index contributed by atoms with van der Waals surface area (Å²) in [6.07, 6.45) is 0. The Bertz CT molecular complexity index is 652. The van der Waals surface area contributed by atoms with Gasteiger partial charge in [-0.25, -0.2) is 4.39 Å². The number of benzene rings is 2. The van der Waals surface area contributed by atoms with Crippen molar-refractivity contribution in [3.63, 3.8) is 0 Å². The molecule has 2 aromatic carbocycles. The summed E-state index contributed by atoms with van der Waals surface area (Å²) < 4.78 is 19.2. The molecule has 0 saturated carbocycles. The summed E-state index contributed by atoms with van der Waals surface area (Å²) in [5, 5.41) is 13.1. The first-order chi connectivity index (χ1) is 10.0. The molecule has 0 radical (unpaired) electrons. The van der Waals surface area contributed by atoms with E-state index in [9.17, 15) is 9.50 Å². The van der Waals surface area contributed by atoms with E-state index in [0.29, 0.717) is 22.5 Å². The molecule has 0 heterocycles. The molecule has 2 N–H and O–H groups in total. The van der Waals surface area contributed by atoms with Crippen molar-refractivity contribution in [2.24, 2.45) is 0 Å². The lowest BCUT2D eigenvalue weighted by Gasteiger charge is -2.12. The van der Waals surface area contributed by atoms with Crippen molar-refractivity contribution in [3.8, 4) is 11.5 Å². The number of ether oxygens (including phenoxy) is 1. The van der Waals surface area contributed by atoms with Crippen LogP contribution in [0.2, 0.25) is 5.02 Å². The van der Waals surface area contributed by atoms with E-state index in [4.69, 9.17) is 16.3 Å². The predicted octanol–water partition coefficient (Wildman–Crippen LogP) is 4.80. The van der Waals surface area contributed by atoms with E-state index in [-0.39, 0.29) is 10.8 Å². The molecule has 0 unspecified atom stereocenters. The number of phenols is 1. The zero-order valence-electron chi connectivity index (χ0n) is 11.3. The number of hydrogen-bond donors (Lipinski definition) is 2. The van der Waals surface area contributed by atoms with Crippen LogP contribution in [0.1, 0.15) is 12.5 Å². The molecule has 3 nitrogen and oxygen atoms in total. The van der Waals surface area contributed by atoms with Gasteiger partial charge in [0.2, 0.25) is 0 Å². The van der Waals surface area contributed by atoms with Gasteiger partial charge in [0.05, 0.1) is 15.2 Å². The molecule has 0 amide bonds. The highest BCUT2D eigenvalue weighted by Crippen LogP contribution is 2.33. The second-order valence-electron chi connectivity index (χ2n) is 4.34. The third-order valence-electron chi connectivity index (χ3n) is 2.80. The molecular weight excluding hydrogens is 408 g/mol. The lowest BCUT2D eigenvalue weighted by Crippen LogP contribution is -2.01. The number of phenolic OH excluding ortho intramolecular Hbond substituents is 1. The number of rotatable bonds is 5. The first kappa shape index (κ1) is 16.2. The monoisotopic (exact) mass is 421 g/mol. The Labute approximate surface area is 141 Å². The highest BCUT2D eigenvalue weighted by Gasteiger charge is 2.09. The van der Waals surface area contributed by atoms with Crippen LogP contribution in [-0.2, 0) is 6.54 Å². The molecule has 21 heavy (non-hydrogen) atoms. The molecular formula is C15H14ClFINO2. The van der Waals surface area contributed by atoms with Gasteiger partial charge < -0.3 is 15.2 Å². The highest BCUT2D eigenvalue weighted by molar-refractivity contribution is 14.1. The van der Waals surface area contributed by atoms with Gasteiger partial charge in [0.15, 0.2) is 11.5 Å². The van der Waals surface area contributed by atoms with E-state index in [1.807, 2.05) is 13.0 Å². The second kappa shape index (κ2) is 7.17. The molecule has 0 bridgehead atoms. The zero-order chi connectivity index (χ0) is 15.4. The summed E-state index contributed by atoms with van der Waals surface area (Å²) in [6.45, 7) is 2.85. The van der Waals surface area contributed by atoms with Gasteiger partial charge in [-0.15, -0.1) is 0 Å². The summed E-state index contributed by atoms with van der Waals surface area (Å²) in [6, 6.07) is 8.11. The minimum Gasteiger partial charge on any atom is -0.504 e. The summed E-state index contributed by atoms with van der Waals surface area (Å²) >= 11 is 7.79. The van der Waals surface area contributed by atoms with Gasteiger partial charge in [0, 0.05) is 12.2 Å². The third-order valence-corrected chi connectivity index (χ3v) is 3.92. The summed E-state index contributed by atoms with van der Waals surface area (Å²) in [4.78, 5) is 0. The van der Waals surface area contributed by atoms with E-state index >= 15 is 0 Å². The molecule has 0 fully saturated rings. The van der Waals surface area contributed by atoms with Crippen LogP contribution in [0.5, 0.6) is 11.5 Å². The van der Waals surface area contributed by atoms with Gasteiger partial charge in [-0.2, -0.15) is 0 Å². The number of nitrogens with one attached hydrogen (secondary N) is 1. The van der Waals surface area contributed by atoms with Crippen LogP contribution >= 0.6 is 34.2 Å². The van der Waals surface area contributed by atoms with Crippen LogP contribution in [0.25, 0.3) is 0 Å². The fourth-order valence-electron chi connectivity index (χ4n) is 1.81. The Hall–Kier alpha value is -1.21. The fraction of sp³-hybridized carbons (Fsp3) is 0.200. The molecule has 0 saturated heterocycles. The van der Waals surface area contributed by atoms with Gasteiger partial charge in [-0.3, -0.25) is 0 Å². The van der Waals surface area contributed by atoms with Crippen LogP contribution in [0, 0.1) is 9.39 Å². The Balaban J connectivity index is 2.14. The maximum absolute atomic E-state index is 13.1. The minimum absolute atomic E-state index is 0.0790. The van der Waals surface area contributed by atoms with Crippen molar-refractivity contribution < 1.29 is 14.2 Å². The molecule has 0 atom stereocenters. The summed E-state index contributed by atoms with van der Waals surface area (Å²) in [5.41, 5.74) is 1.67. The average Bonchev–Trinajstić information content (AvgIpc) is 2.45. The zero-order valence-corrected chi connectivity index (χ0v) is 14.2. The van der Waals surface area contributed by atoms with Crippen LogP contribution in [0.15, 0.2) is 30.3 Å². The van der Waals surface area contributed by atoms with Gasteiger partial charge >= 0.3 is 0 Å². The third kappa shape index (κ3) is 4.14. The van der Waals surface area contributed by atoms with Crippen molar-refractivity contribution in [2.75, 3.05) is 11.9 Å². The van der Waals surface area contributed by atoms with Crippen molar-refractivity contribution in [1.82, 2.24) is 0 Å². The van der Waals surface area contributed by atoms with Gasteiger partial charge in [0.1, 0.15) is 5.82 Å². The van der Waals surface area contributed by atoms with Crippen molar-refractivity contribution >= 4 is 39.9 Å².